The van der Waals surface area contributed by atoms with Gasteiger partial charge in [-0.25, -0.2) is 0 Å². The lowest BCUT2D eigenvalue weighted by molar-refractivity contribution is -0.137. The Kier molecular flexibility index (Phi) is 6.44. The highest BCUT2D eigenvalue weighted by Crippen LogP contribution is 2.38. The number of rotatable bonds is 6. The molecule has 2 unspecified atom stereocenters. The van der Waals surface area contributed by atoms with E-state index >= 15 is 0 Å². The largest absolute Gasteiger partial charge is 0.493 e. The molecule has 2 fully saturated rings. The van der Waals surface area contributed by atoms with E-state index in [4.69, 9.17) is 19.9 Å². The standard InChI is InChI=1S/C20H31N3O4/c1-25-17-10-14(11-18(26-2)19(17)27-3)13-22-6-8-23(9-7-22)20(24)15-4-5-16(21)12-15/h10-11,15-16H,4-9,12-13,21H2,1-3H3. The van der Waals surface area contributed by atoms with E-state index in [0.29, 0.717) is 17.2 Å². The topological polar surface area (TPSA) is 77.3 Å². The van der Waals surface area contributed by atoms with Crippen molar-refractivity contribution in [2.75, 3.05) is 47.5 Å². The molecule has 0 spiro atoms. The van der Waals surface area contributed by atoms with Crippen molar-refractivity contribution in [2.45, 2.75) is 31.8 Å². The maximum atomic E-state index is 12.7. The Morgan fingerprint density at radius 3 is 2.15 bits per heavy atom. The minimum absolute atomic E-state index is 0.127. The van der Waals surface area contributed by atoms with Gasteiger partial charge in [0.1, 0.15) is 0 Å². The fourth-order valence-electron chi connectivity index (χ4n) is 4.11. The Morgan fingerprint density at radius 1 is 1.04 bits per heavy atom. The summed E-state index contributed by atoms with van der Waals surface area (Å²) in [6.07, 6.45) is 2.74. The van der Waals surface area contributed by atoms with Gasteiger partial charge in [0.2, 0.25) is 11.7 Å². The summed E-state index contributed by atoms with van der Waals surface area (Å²) >= 11 is 0. The van der Waals surface area contributed by atoms with E-state index in [0.717, 1.165) is 57.5 Å². The van der Waals surface area contributed by atoms with Crippen LogP contribution in [0.3, 0.4) is 0 Å². The van der Waals surface area contributed by atoms with Crippen LogP contribution >= 0.6 is 0 Å². The van der Waals surface area contributed by atoms with Crippen molar-refractivity contribution < 1.29 is 19.0 Å². The van der Waals surface area contributed by atoms with E-state index in [9.17, 15) is 4.79 Å². The summed E-state index contributed by atoms with van der Waals surface area (Å²) < 4.78 is 16.3. The molecular weight excluding hydrogens is 346 g/mol. The number of benzene rings is 1. The van der Waals surface area contributed by atoms with Gasteiger partial charge in [-0.1, -0.05) is 0 Å². The number of nitrogens with zero attached hydrogens (tertiary/aromatic N) is 2. The first-order valence-corrected chi connectivity index (χ1v) is 9.61. The fraction of sp³-hybridized carbons (Fsp3) is 0.650. The monoisotopic (exact) mass is 377 g/mol. The summed E-state index contributed by atoms with van der Waals surface area (Å²) in [4.78, 5) is 17.0. The Hall–Kier alpha value is -1.99. The van der Waals surface area contributed by atoms with Crippen molar-refractivity contribution in [1.29, 1.82) is 0 Å². The van der Waals surface area contributed by atoms with Gasteiger partial charge in [0.15, 0.2) is 11.5 Å². The van der Waals surface area contributed by atoms with E-state index in [1.54, 1.807) is 21.3 Å². The molecule has 7 heteroatoms. The minimum atomic E-state index is 0.127. The van der Waals surface area contributed by atoms with Crippen LogP contribution in [0.2, 0.25) is 0 Å². The number of carbonyl (C=O) groups is 1. The van der Waals surface area contributed by atoms with E-state index in [2.05, 4.69) is 4.90 Å². The molecule has 2 atom stereocenters. The van der Waals surface area contributed by atoms with Crippen LogP contribution in [0.25, 0.3) is 0 Å². The molecule has 1 aromatic carbocycles. The molecule has 7 nitrogen and oxygen atoms in total. The quantitative estimate of drug-likeness (QED) is 0.809. The fourth-order valence-corrected chi connectivity index (χ4v) is 4.11. The van der Waals surface area contributed by atoms with Crippen LogP contribution in [0.15, 0.2) is 12.1 Å². The van der Waals surface area contributed by atoms with Crippen LogP contribution in [0, 0.1) is 5.92 Å². The average molecular weight is 377 g/mol. The molecule has 0 aromatic heterocycles. The van der Waals surface area contributed by atoms with Crippen LogP contribution in [0.4, 0.5) is 0 Å². The van der Waals surface area contributed by atoms with Gasteiger partial charge >= 0.3 is 0 Å². The molecule has 1 aliphatic carbocycles. The number of ether oxygens (including phenoxy) is 3. The molecule has 1 aliphatic heterocycles. The highest BCUT2D eigenvalue weighted by molar-refractivity contribution is 5.79. The molecular formula is C20H31N3O4. The number of methoxy groups -OCH3 is 3. The van der Waals surface area contributed by atoms with Gasteiger partial charge < -0.3 is 24.8 Å². The summed E-state index contributed by atoms with van der Waals surface area (Å²) in [5, 5.41) is 0. The van der Waals surface area contributed by atoms with Gasteiger partial charge in [-0.2, -0.15) is 0 Å². The lowest BCUT2D eigenvalue weighted by Gasteiger charge is -2.36. The molecule has 2 aliphatic rings. The number of amides is 1. The second-order valence-corrected chi connectivity index (χ2v) is 7.41. The summed E-state index contributed by atoms with van der Waals surface area (Å²) in [7, 11) is 4.86. The lowest BCUT2D eigenvalue weighted by atomic mass is 10.1. The Bertz CT molecular complexity index is 634. The van der Waals surface area contributed by atoms with Crippen LogP contribution in [0.1, 0.15) is 24.8 Å². The Balaban J connectivity index is 1.58. The highest BCUT2D eigenvalue weighted by Gasteiger charge is 2.32. The van der Waals surface area contributed by atoms with Gasteiger partial charge in [-0.15, -0.1) is 0 Å². The summed E-state index contributed by atoms with van der Waals surface area (Å²) in [6.45, 7) is 4.05. The van der Waals surface area contributed by atoms with Crippen molar-refractivity contribution >= 4 is 5.91 Å². The van der Waals surface area contributed by atoms with Gasteiger partial charge in [0.25, 0.3) is 0 Å². The first-order valence-electron chi connectivity index (χ1n) is 9.61. The Labute approximate surface area is 161 Å². The van der Waals surface area contributed by atoms with E-state index < -0.39 is 0 Å². The molecule has 1 aromatic rings. The van der Waals surface area contributed by atoms with E-state index in [-0.39, 0.29) is 17.9 Å². The number of carbonyl (C=O) groups excluding carboxylic acids is 1. The van der Waals surface area contributed by atoms with Gasteiger partial charge in [-0.05, 0) is 37.0 Å². The maximum Gasteiger partial charge on any atom is 0.225 e. The van der Waals surface area contributed by atoms with Crippen molar-refractivity contribution in [2.24, 2.45) is 11.7 Å². The van der Waals surface area contributed by atoms with Gasteiger partial charge in [0, 0.05) is 44.7 Å². The van der Waals surface area contributed by atoms with Crippen molar-refractivity contribution in [1.82, 2.24) is 9.80 Å². The number of hydrogen-bond acceptors (Lipinski definition) is 6. The van der Waals surface area contributed by atoms with E-state index in [1.807, 2.05) is 17.0 Å². The Morgan fingerprint density at radius 2 is 1.67 bits per heavy atom. The molecule has 0 bridgehead atoms. The maximum absolute atomic E-state index is 12.7. The SMILES string of the molecule is COc1cc(CN2CCN(C(=O)C3CCC(N)C3)CC2)cc(OC)c1OC. The zero-order valence-corrected chi connectivity index (χ0v) is 16.6. The van der Waals surface area contributed by atoms with Crippen LogP contribution in [0.5, 0.6) is 17.2 Å². The summed E-state index contributed by atoms with van der Waals surface area (Å²) in [5.41, 5.74) is 7.06. The van der Waals surface area contributed by atoms with Crippen molar-refractivity contribution in [3.63, 3.8) is 0 Å². The van der Waals surface area contributed by atoms with Crippen LogP contribution in [-0.4, -0.2) is 69.3 Å². The van der Waals surface area contributed by atoms with Gasteiger partial charge in [0.05, 0.1) is 21.3 Å². The second-order valence-electron chi connectivity index (χ2n) is 7.41. The summed E-state index contributed by atoms with van der Waals surface area (Å²) in [5.74, 6) is 2.35. The molecule has 1 saturated carbocycles. The van der Waals surface area contributed by atoms with E-state index in [1.165, 1.54) is 0 Å². The first-order chi connectivity index (χ1) is 13.0. The average Bonchev–Trinajstić information content (AvgIpc) is 3.13. The van der Waals surface area contributed by atoms with Gasteiger partial charge in [-0.3, -0.25) is 9.69 Å². The number of piperazine rings is 1. The molecule has 2 N–H and O–H groups in total. The van der Waals surface area contributed by atoms with Crippen LogP contribution < -0.4 is 19.9 Å². The molecule has 1 saturated heterocycles. The zero-order valence-electron chi connectivity index (χ0n) is 16.6. The molecule has 0 radical (unpaired) electrons. The highest BCUT2D eigenvalue weighted by atomic mass is 16.5. The number of nitrogens with two attached hydrogens (primary N) is 1. The molecule has 3 rings (SSSR count). The first kappa shape index (κ1) is 19.8. The van der Waals surface area contributed by atoms with Crippen molar-refractivity contribution in [3.8, 4) is 17.2 Å². The predicted molar refractivity (Wildman–Crippen MR) is 103 cm³/mol. The summed E-state index contributed by atoms with van der Waals surface area (Å²) in [6, 6.07) is 4.16. The van der Waals surface area contributed by atoms with Crippen molar-refractivity contribution in [3.05, 3.63) is 17.7 Å². The smallest absolute Gasteiger partial charge is 0.225 e. The third-order valence-electron chi connectivity index (χ3n) is 5.64. The molecule has 1 heterocycles. The predicted octanol–water partition coefficient (Wildman–Crippen LogP) is 1.48. The zero-order chi connectivity index (χ0) is 19.4. The second kappa shape index (κ2) is 8.80. The lowest BCUT2D eigenvalue weighted by Crippen LogP contribution is -2.49. The third kappa shape index (κ3) is 4.47. The molecule has 150 valence electrons. The third-order valence-corrected chi connectivity index (χ3v) is 5.64. The number of hydrogen-bond donors (Lipinski definition) is 1. The molecule has 1 amide bonds. The minimum Gasteiger partial charge on any atom is -0.493 e. The molecule has 27 heavy (non-hydrogen) atoms. The normalized spacial score (nSPS) is 23.3. The van der Waals surface area contributed by atoms with Crippen LogP contribution in [-0.2, 0) is 11.3 Å².